The summed E-state index contributed by atoms with van der Waals surface area (Å²) in [7, 11) is 1.59. The number of carbonyl (C=O) groups excluding carboxylic acids is 1. The largest absolute Gasteiger partial charge is 0.507 e. The molecule has 1 atom stereocenters. The molecule has 7 nitrogen and oxygen atoms in total. The molecule has 1 unspecified atom stereocenters. The molecule has 2 aromatic rings. The summed E-state index contributed by atoms with van der Waals surface area (Å²) in [5.41, 5.74) is 0.127. The van der Waals surface area contributed by atoms with E-state index in [1.54, 1.807) is 45.2 Å². The van der Waals surface area contributed by atoms with Gasteiger partial charge in [0.2, 0.25) is 5.72 Å². The van der Waals surface area contributed by atoms with Gasteiger partial charge in [-0.2, -0.15) is 0 Å². The second kappa shape index (κ2) is 7.68. The van der Waals surface area contributed by atoms with E-state index in [0.29, 0.717) is 43.4 Å². The number of ether oxygens (including phenoxy) is 3. The van der Waals surface area contributed by atoms with Gasteiger partial charge >= 0.3 is 0 Å². The molecule has 1 amide bonds. The van der Waals surface area contributed by atoms with Gasteiger partial charge in [0.05, 0.1) is 13.2 Å². The molecule has 0 aromatic heterocycles. The van der Waals surface area contributed by atoms with Gasteiger partial charge in [-0.05, 0) is 26.0 Å². The zero-order valence-corrected chi connectivity index (χ0v) is 17.3. The minimum absolute atomic E-state index is 0.0124. The van der Waals surface area contributed by atoms with Crippen LogP contribution in [0.2, 0.25) is 0 Å². The first-order chi connectivity index (χ1) is 14.3. The monoisotopic (exact) mass is 416 g/mol. The fraction of sp³-hybridized carbons (Fsp3) is 0.409. The first kappa shape index (κ1) is 20.3. The average Bonchev–Trinajstić information content (AvgIpc) is 2.73. The van der Waals surface area contributed by atoms with Gasteiger partial charge in [-0.3, -0.25) is 4.79 Å². The van der Waals surface area contributed by atoms with Crippen LogP contribution in [-0.4, -0.2) is 61.6 Å². The molecule has 0 radical (unpaired) electrons. The Balaban J connectivity index is 1.62. The summed E-state index contributed by atoms with van der Waals surface area (Å²) in [5, 5.41) is 10.5. The number of phenols is 1. The molecule has 0 spiro atoms. The van der Waals surface area contributed by atoms with Crippen molar-refractivity contribution >= 4 is 11.6 Å². The van der Waals surface area contributed by atoms with E-state index in [-0.39, 0.29) is 29.6 Å². The van der Waals surface area contributed by atoms with Gasteiger partial charge < -0.3 is 29.1 Å². The van der Waals surface area contributed by atoms with Gasteiger partial charge in [0, 0.05) is 43.5 Å². The van der Waals surface area contributed by atoms with Crippen LogP contribution in [0.4, 0.5) is 10.1 Å². The highest BCUT2D eigenvalue weighted by Crippen LogP contribution is 2.41. The number of amides is 1. The smallest absolute Gasteiger partial charge is 0.264 e. The maximum Gasteiger partial charge on any atom is 0.264 e. The molecular formula is C22H25FN2O5. The van der Waals surface area contributed by atoms with Crippen molar-refractivity contribution in [3.8, 4) is 17.2 Å². The third-order valence-corrected chi connectivity index (χ3v) is 5.71. The van der Waals surface area contributed by atoms with Crippen LogP contribution in [-0.2, 0) is 4.74 Å². The molecule has 0 saturated carbocycles. The summed E-state index contributed by atoms with van der Waals surface area (Å²) in [6.07, 6.45) is 0. The van der Waals surface area contributed by atoms with Crippen molar-refractivity contribution in [2.24, 2.45) is 0 Å². The number of fused-ring (bicyclic) bond motifs is 1. The Hall–Kier alpha value is -3.00. The van der Waals surface area contributed by atoms with E-state index in [4.69, 9.17) is 14.2 Å². The molecule has 2 aliphatic heterocycles. The maximum atomic E-state index is 13.8. The number of likely N-dealkylation sites (N-methyl/N-ethyl adjacent to an activating group) is 1. The molecule has 8 heteroatoms. The summed E-state index contributed by atoms with van der Waals surface area (Å²) in [4.78, 5) is 16.5. The number of benzene rings is 2. The molecule has 0 aliphatic carbocycles. The Kier molecular flexibility index (Phi) is 5.19. The summed E-state index contributed by atoms with van der Waals surface area (Å²) in [5.74, 6) is -0.186. The van der Waals surface area contributed by atoms with Crippen LogP contribution in [0.1, 0.15) is 22.8 Å². The minimum Gasteiger partial charge on any atom is -0.507 e. The maximum absolute atomic E-state index is 13.8. The molecule has 2 aromatic carbocycles. The average molecular weight is 416 g/mol. The predicted octanol–water partition coefficient (Wildman–Crippen LogP) is 2.94. The van der Waals surface area contributed by atoms with Gasteiger partial charge in [0.25, 0.3) is 5.91 Å². The number of anilines is 1. The zero-order chi connectivity index (χ0) is 21.5. The number of aromatic hydroxyl groups is 1. The molecule has 1 saturated heterocycles. The summed E-state index contributed by atoms with van der Waals surface area (Å²) >= 11 is 0. The lowest BCUT2D eigenvalue weighted by atomic mass is 10.0. The highest BCUT2D eigenvalue weighted by molar-refractivity contribution is 6.01. The van der Waals surface area contributed by atoms with E-state index >= 15 is 0 Å². The van der Waals surface area contributed by atoms with E-state index in [0.717, 1.165) is 5.69 Å². The van der Waals surface area contributed by atoms with Crippen LogP contribution < -0.4 is 14.4 Å². The first-order valence-corrected chi connectivity index (χ1v) is 9.85. The number of morpholine rings is 1. The number of nitrogens with zero attached hydrogens (tertiary/aromatic N) is 2. The lowest BCUT2D eigenvalue weighted by molar-refractivity contribution is -0.0772. The zero-order valence-electron chi connectivity index (χ0n) is 17.3. The van der Waals surface area contributed by atoms with Crippen molar-refractivity contribution in [3.63, 3.8) is 0 Å². The molecule has 30 heavy (non-hydrogen) atoms. The number of phenolic OH excluding ortho intramolecular Hbond substituents is 1. The van der Waals surface area contributed by atoms with Crippen LogP contribution >= 0.6 is 0 Å². The highest BCUT2D eigenvalue weighted by Gasteiger charge is 2.44. The van der Waals surface area contributed by atoms with Crippen LogP contribution in [0.5, 0.6) is 17.2 Å². The van der Waals surface area contributed by atoms with E-state index < -0.39 is 5.72 Å². The van der Waals surface area contributed by atoms with E-state index in [9.17, 15) is 14.3 Å². The molecule has 160 valence electrons. The quantitative estimate of drug-likeness (QED) is 0.827. The topological polar surface area (TPSA) is 71.5 Å². The van der Waals surface area contributed by atoms with Gasteiger partial charge in [-0.15, -0.1) is 0 Å². The van der Waals surface area contributed by atoms with Crippen LogP contribution in [0.3, 0.4) is 0 Å². The third-order valence-electron chi connectivity index (χ3n) is 5.71. The molecular weight excluding hydrogens is 391 g/mol. The second-order valence-electron chi connectivity index (χ2n) is 7.73. The Bertz CT molecular complexity index is 976. The normalized spacial score (nSPS) is 21.3. The number of rotatable bonds is 4. The fourth-order valence-electron chi connectivity index (χ4n) is 3.66. The van der Waals surface area contributed by atoms with Crippen molar-refractivity contribution < 1.29 is 28.5 Å². The second-order valence-corrected chi connectivity index (χ2v) is 7.73. The molecule has 1 N–H and O–H groups in total. The van der Waals surface area contributed by atoms with E-state index in [2.05, 4.69) is 4.90 Å². The van der Waals surface area contributed by atoms with Gasteiger partial charge in [0.15, 0.2) is 0 Å². The summed E-state index contributed by atoms with van der Waals surface area (Å²) < 4.78 is 31.2. The number of hydrogen-bond acceptors (Lipinski definition) is 6. The van der Waals surface area contributed by atoms with Crippen LogP contribution in [0.15, 0.2) is 30.3 Å². The Labute approximate surface area is 174 Å². The lowest BCUT2D eigenvalue weighted by Crippen LogP contribution is -2.58. The van der Waals surface area contributed by atoms with Gasteiger partial charge in [0.1, 0.15) is 35.2 Å². The molecule has 4 rings (SSSR count). The van der Waals surface area contributed by atoms with Crippen LogP contribution in [0, 0.1) is 12.7 Å². The van der Waals surface area contributed by atoms with Crippen LogP contribution in [0.25, 0.3) is 0 Å². The van der Waals surface area contributed by atoms with Crippen molar-refractivity contribution in [1.29, 1.82) is 0 Å². The molecule has 2 heterocycles. The molecule has 0 bridgehead atoms. The van der Waals surface area contributed by atoms with E-state index in [1.165, 1.54) is 11.0 Å². The number of hydrogen-bond donors (Lipinski definition) is 1. The Morgan fingerprint density at radius 2 is 2.00 bits per heavy atom. The van der Waals surface area contributed by atoms with Crippen molar-refractivity contribution in [3.05, 3.63) is 47.3 Å². The SMILES string of the molecule is Cc1c(F)cccc1OCC1(C)Oc2cc(N3CCOCC3)cc(O)c2C(=O)N1C. The minimum atomic E-state index is -1.14. The lowest BCUT2D eigenvalue weighted by Gasteiger charge is -2.43. The summed E-state index contributed by atoms with van der Waals surface area (Å²) in [6.45, 7) is 5.91. The predicted molar refractivity (Wildman–Crippen MR) is 109 cm³/mol. The Morgan fingerprint density at radius 3 is 2.73 bits per heavy atom. The van der Waals surface area contributed by atoms with Gasteiger partial charge in [-0.25, -0.2) is 4.39 Å². The Morgan fingerprint density at radius 1 is 1.27 bits per heavy atom. The fourth-order valence-corrected chi connectivity index (χ4v) is 3.66. The van der Waals surface area contributed by atoms with Crippen molar-refractivity contribution in [2.75, 3.05) is 44.9 Å². The summed E-state index contributed by atoms with van der Waals surface area (Å²) in [6, 6.07) is 7.94. The van der Waals surface area contributed by atoms with E-state index in [1.807, 2.05) is 0 Å². The standard InChI is InChI=1S/C22H25FN2O5/c1-14-16(23)5-4-6-18(14)29-13-22(2)24(3)21(27)20-17(26)11-15(12-19(20)30-22)25-7-9-28-10-8-25/h4-6,11-12,26H,7-10,13H2,1-3H3. The van der Waals surface area contributed by atoms with Crippen molar-refractivity contribution in [1.82, 2.24) is 4.90 Å². The first-order valence-electron chi connectivity index (χ1n) is 9.85. The third kappa shape index (κ3) is 3.52. The number of halogens is 1. The number of carbonyl (C=O) groups is 1. The highest BCUT2D eigenvalue weighted by atomic mass is 19.1. The van der Waals surface area contributed by atoms with Crippen molar-refractivity contribution in [2.45, 2.75) is 19.6 Å². The van der Waals surface area contributed by atoms with Gasteiger partial charge in [-0.1, -0.05) is 6.07 Å². The molecule has 1 fully saturated rings. The molecule has 2 aliphatic rings.